The van der Waals surface area contributed by atoms with Gasteiger partial charge in [-0.15, -0.1) is 0 Å². The molecule has 2 saturated carbocycles. The van der Waals surface area contributed by atoms with Gasteiger partial charge in [-0.25, -0.2) is 4.98 Å². The van der Waals surface area contributed by atoms with E-state index in [0.29, 0.717) is 35.9 Å². The molecule has 2 aromatic rings. The predicted molar refractivity (Wildman–Crippen MR) is 90.3 cm³/mol. The maximum absolute atomic E-state index is 11.1. The van der Waals surface area contributed by atoms with Crippen molar-refractivity contribution in [2.75, 3.05) is 6.61 Å². The Hall–Kier alpha value is -2.17. The van der Waals surface area contributed by atoms with Gasteiger partial charge in [-0.2, -0.15) is 5.10 Å². The van der Waals surface area contributed by atoms with Crippen molar-refractivity contribution in [3.63, 3.8) is 0 Å². The molecule has 5 heteroatoms. The molecule has 0 bridgehead atoms. The molecular formula is C19H23N3O2. The van der Waals surface area contributed by atoms with E-state index in [4.69, 9.17) is 4.74 Å². The first-order valence-corrected chi connectivity index (χ1v) is 8.93. The largest absolute Gasteiger partial charge is 0.491 e. The normalized spacial score (nSPS) is 23.8. The lowest BCUT2D eigenvalue weighted by molar-refractivity contribution is 0.111. The molecule has 2 fully saturated rings. The molecule has 126 valence electrons. The molecule has 2 atom stereocenters. The molecule has 2 aliphatic carbocycles. The van der Waals surface area contributed by atoms with Crippen LogP contribution in [0.1, 0.15) is 66.7 Å². The number of hydrogen-bond donors (Lipinski definition) is 0. The van der Waals surface area contributed by atoms with Crippen LogP contribution < -0.4 is 4.74 Å². The third-order valence-electron chi connectivity index (χ3n) is 5.25. The second-order valence-electron chi connectivity index (χ2n) is 6.90. The average molecular weight is 325 g/mol. The minimum atomic E-state index is 0.382. The lowest BCUT2D eigenvalue weighted by Gasteiger charge is -2.32. The van der Waals surface area contributed by atoms with Crippen LogP contribution >= 0.6 is 0 Å². The molecule has 0 aliphatic heterocycles. The summed E-state index contributed by atoms with van der Waals surface area (Å²) in [6.45, 7) is 0.632. The van der Waals surface area contributed by atoms with Crippen LogP contribution in [0.3, 0.4) is 0 Å². The van der Waals surface area contributed by atoms with Crippen LogP contribution in [0.4, 0.5) is 0 Å². The standard InChI is InChI=1S/C19H23N3O2/c23-12-17-19(6-3-10-20-17)24-13-14-4-1-2-5-16(14)18-9-11-21-22(18)15-7-8-15/h3,6,9-12,14-16H,1-2,4-5,7-8,13H2. The van der Waals surface area contributed by atoms with Crippen molar-refractivity contribution < 1.29 is 9.53 Å². The first-order chi connectivity index (χ1) is 11.9. The van der Waals surface area contributed by atoms with Crippen molar-refractivity contribution in [2.45, 2.75) is 50.5 Å². The lowest BCUT2D eigenvalue weighted by atomic mass is 9.78. The fourth-order valence-corrected chi connectivity index (χ4v) is 3.85. The summed E-state index contributed by atoms with van der Waals surface area (Å²) in [5.74, 6) is 1.55. The lowest BCUT2D eigenvalue weighted by Crippen LogP contribution is -2.26. The van der Waals surface area contributed by atoms with Gasteiger partial charge in [0, 0.05) is 29.9 Å². The van der Waals surface area contributed by atoms with Crippen LogP contribution in [0.2, 0.25) is 0 Å². The summed E-state index contributed by atoms with van der Waals surface area (Å²) in [4.78, 5) is 15.2. The number of carbonyl (C=O) groups excluding carboxylic acids is 1. The number of aldehydes is 1. The highest BCUT2D eigenvalue weighted by atomic mass is 16.5. The number of carbonyl (C=O) groups is 1. The van der Waals surface area contributed by atoms with E-state index in [1.165, 1.54) is 37.8 Å². The summed E-state index contributed by atoms with van der Waals surface area (Å²) in [6.07, 6.45) is 11.7. The van der Waals surface area contributed by atoms with Gasteiger partial charge in [0.05, 0.1) is 12.6 Å². The highest BCUT2D eigenvalue weighted by Gasteiger charge is 2.33. The van der Waals surface area contributed by atoms with Gasteiger partial charge in [-0.1, -0.05) is 12.8 Å². The zero-order valence-electron chi connectivity index (χ0n) is 13.8. The molecule has 0 radical (unpaired) electrons. The fraction of sp³-hybridized carbons (Fsp3) is 0.526. The molecule has 0 aromatic carbocycles. The molecule has 0 N–H and O–H groups in total. The molecule has 4 rings (SSSR count). The van der Waals surface area contributed by atoms with Gasteiger partial charge in [-0.05, 0) is 43.9 Å². The van der Waals surface area contributed by atoms with Crippen molar-refractivity contribution >= 4 is 6.29 Å². The molecule has 2 unspecified atom stereocenters. The van der Waals surface area contributed by atoms with Gasteiger partial charge < -0.3 is 4.74 Å². The smallest absolute Gasteiger partial charge is 0.172 e. The highest BCUT2D eigenvalue weighted by molar-refractivity contribution is 5.75. The Labute approximate surface area is 142 Å². The van der Waals surface area contributed by atoms with Crippen molar-refractivity contribution in [1.29, 1.82) is 0 Å². The topological polar surface area (TPSA) is 57.0 Å². The van der Waals surface area contributed by atoms with Gasteiger partial charge in [0.2, 0.25) is 0 Å². The Bertz CT molecular complexity index is 708. The fourth-order valence-electron chi connectivity index (χ4n) is 3.85. The molecular weight excluding hydrogens is 302 g/mol. The van der Waals surface area contributed by atoms with E-state index in [1.807, 2.05) is 18.3 Å². The average Bonchev–Trinajstić information content (AvgIpc) is 3.37. The molecule has 24 heavy (non-hydrogen) atoms. The Morgan fingerprint density at radius 2 is 2.04 bits per heavy atom. The molecule has 0 spiro atoms. The first kappa shape index (κ1) is 15.4. The van der Waals surface area contributed by atoms with E-state index in [-0.39, 0.29) is 0 Å². The number of rotatable bonds is 6. The second kappa shape index (κ2) is 6.75. The van der Waals surface area contributed by atoms with Crippen molar-refractivity contribution in [1.82, 2.24) is 14.8 Å². The van der Waals surface area contributed by atoms with Crippen molar-refractivity contribution in [3.8, 4) is 5.75 Å². The monoisotopic (exact) mass is 325 g/mol. The van der Waals surface area contributed by atoms with E-state index in [1.54, 1.807) is 6.20 Å². The summed E-state index contributed by atoms with van der Waals surface area (Å²) >= 11 is 0. The molecule has 2 heterocycles. The Kier molecular flexibility index (Phi) is 4.32. The molecule has 5 nitrogen and oxygen atoms in total. The van der Waals surface area contributed by atoms with Gasteiger partial charge in [0.15, 0.2) is 6.29 Å². The van der Waals surface area contributed by atoms with Crippen LogP contribution in [0.15, 0.2) is 30.6 Å². The summed E-state index contributed by atoms with van der Waals surface area (Å²) in [5, 5.41) is 4.55. The van der Waals surface area contributed by atoms with Crippen LogP contribution in [-0.2, 0) is 0 Å². The third kappa shape index (κ3) is 3.07. The maximum Gasteiger partial charge on any atom is 0.172 e. The molecule has 2 aliphatic rings. The van der Waals surface area contributed by atoms with Gasteiger partial charge >= 0.3 is 0 Å². The number of hydrogen-bond acceptors (Lipinski definition) is 4. The minimum Gasteiger partial charge on any atom is -0.491 e. The highest BCUT2D eigenvalue weighted by Crippen LogP contribution is 2.42. The molecule has 0 saturated heterocycles. The Balaban J connectivity index is 1.50. The van der Waals surface area contributed by atoms with E-state index in [2.05, 4.69) is 20.8 Å². The van der Waals surface area contributed by atoms with Crippen LogP contribution in [0.5, 0.6) is 5.75 Å². The zero-order valence-corrected chi connectivity index (χ0v) is 13.8. The summed E-state index contributed by atoms with van der Waals surface area (Å²) < 4.78 is 8.23. The van der Waals surface area contributed by atoms with E-state index in [0.717, 1.165) is 12.7 Å². The maximum atomic E-state index is 11.1. The SMILES string of the molecule is O=Cc1ncccc1OCC1CCCCC1c1ccnn1C1CC1. The summed E-state index contributed by atoms with van der Waals surface area (Å²) in [5.41, 5.74) is 1.75. The molecule has 2 aromatic heterocycles. The first-order valence-electron chi connectivity index (χ1n) is 8.93. The van der Waals surface area contributed by atoms with Gasteiger partial charge in [-0.3, -0.25) is 9.48 Å². The predicted octanol–water partition coefficient (Wildman–Crippen LogP) is 3.78. The number of ether oxygens (including phenoxy) is 1. The van der Waals surface area contributed by atoms with Crippen molar-refractivity contribution in [2.24, 2.45) is 5.92 Å². The third-order valence-corrected chi connectivity index (χ3v) is 5.25. The van der Waals surface area contributed by atoms with Crippen LogP contribution in [-0.4, -0.2) is 27.7 Å². The van der Waals surface area contributed by atoms with Gasteiger partial charge in [0.25, 0.3) is 0 Å². The minimum absolute atomic E-state index is 0.382. The number of nitrogens with zero attached hydrogens (tertiary/aromatic N) is 3. The molecule has 0 amide bonds. The second-order valence-corrected chi connectivity index (χ2v) is 6.90. The zero-order chi connectivity index (χ0) is 16.4. The van der Waals surface area contributed by atoms with Gasteiger partial charge in [0.1, 0.15) is 11.4 Å². The Morgan fingerprint density at radius 3 is 2.88 bits per heavy atom. The van der Waals surface area contributed by atoms with E-state index < -0.39 is 0 Å². The van der Waals surface area contributed by atoms with Crippen LogP contribution in [0, 0.1) is 5.92 Å². The van der Waals surface area contributed by atoms with E-state index >= 15 is 0 Å². The Morgan fingerprint density at radius 1 is 1.17 bits per heavy atom. The quantitative estimate of drug-likeness (QED) is 0.759. The number of pyridine rings is 1. The van der Waals surface area contributed by atoms with Crippen molar-refractivity contribution in [3.05, 3.63) is 42.0 Å². The number of aromatic nitrogens is 3. The summed E-state index contributed by atoms with van der Waals surface area (Å²) in [7, 11) is 0. The van der Waals surface area contributed by atoms with E-state index in [9.17, 15) is 4.79 Å². The summed E-state index contributed by atoms with van der Waals surface area (Å²) in [6, 6.07) is 6.42. The van der Waals surface area contributed by atoms with Crippen LogP contribution in [0.25, 0.3) is 0 Å².